The van der Waals surface area contributed by atoms with E-state index in [-0.39, 0.29) is 10.8 Å². The fourth-order valence-corrected chi connectivity index (χ4v) is 2.05. The third-order valence-electron chi connectivity index (χ3n) is 3.00. The molecule has 1 unspecified atom stereocenters. The molecular formula is C14H21ClFN. The summed E-state index contributed by atoms with van der Waals surface area (Å²) in [5, 5.41) is 3.45. The first kappa shape index (κ1) is 14.5. The smallest absolute Gasteiger partial charge is 0.145 e. The van der Waals surface area contributed by atoms with Crippen molar-refractivity contribution in [1.82, 2.24) is 5.32 Å². The van der Waals surface area contributed by atoms with Crippen molar-refractivity contribution in [3.63, 3.8) is 0 Å². The number of rotatable bonds is 6. The Bertz CT molecular complexity index is 352. The fourth-order valence-electron chi connectivity index (χ4n) is 1.85. The van der Waals surface area contributed by atoms with Crippen molar-refractivity contribution in [3.8, 4) is 0 Å². The van der Waals surface area contributed by atoms with Gasteiger partial charge in [-0.2, -0.15) is 0 Å². The van der Waals surface area contributed by atoms with Crippen LogP contribution in [0.5, 0.6) is 0 Å². The van der Waals surface area contributed by atoms with Crippen molar-refractivity contribution in [2.45, 2.75) is 39.2 Å². The van der Waals surface area contributed by atoms with Crippen LogP contribution in [-0.2, 0) is 6.42 Å². The maximum atomic E-state index is 13.7. The Balaban J connectivity index is 2.64. The van der Waals surface area contributed by atoms with Crippen LogP contribution in [0.2, 0.25) is 5.02 Å². The first-order chi connectivity index (χ1) is 8.04. The summed E-state index contributed by atoms with van der Waals surface area (Å²) in [6.07, 6.45) is 2.89. The van der Waals surface area contributed by atoms with Crippen LogP contribution < -0.4 is 5.32 Å². The zero-order valence-corrected chi connectivity index (χ0v) is 11.5. The molecule has 0 aliphatic rings. The lowest BCUT2D eigenvalue weighted by Crippen LogP contribution is -2.28. The quantitative estimate of drug-likeness (QED) is 0.811. The molecule has 1 nitrogen and oxygen atoms in total. The molecule has 0 aliphatic carbocycles. The van der Waals surface area contributed by atoms with Gasteiger partial charge in [0.05, 0.1) is 5.02 Å². The van der Waals surface area contributed by atoms with Gasteiger partial charge in [0, 0.05) is 6.04 Å². The molecular weight excluding hydrogens is 237 g/mol. The van der Waals surface area contributed by atoms with Crippen LogP contribution >= 0.6 is 11.6 Å². The second-order valence-corrected chi connectivity index (χ2v) is 5.28. The Morgan fingerprint density at radius 1 is 1.29 bits per heavy atom. The number of benzene rings is 1. The molecule has 0 heterocycles. The Kier molecular flexibility index (Phi) is 5.93. The highest BCUT2D eigenvalue weighted by atomic mass is 35.5. The Labute approximate surface area is 108 Å². The summed E-state index contributed by atoms with van der Waals surface area (Å²) in [7, 11) is 1.92. The Hall–Kier alpha value is -0.600. The summed E-state index contributed by atoms with van der Waals surface area (Å²) in [5.74, 6) is 0.397. The molecule has 0 amide bonds. The number of likely N-dealkylation sites (N-methyl/N-ethyl adjacent to an activating group) is 1. The van der Waals surface area contributed by atoms with E-state index in [1.54, 1.807) is 18.2 Å². The van der Waals surface area contributed by atoms with E-state index in [1.165, 1.54) is 0 Å². The fraction of sp³-hybridized carbons (Fsp3) is 0.571. The molecule has 0 saturated heterocycles. The van der Waals surface area contributed by atoms with Crippen molar-refractivity contribution < 1.29 is 4.39 Å². The third kappa shape index (κ3) is 4.64. The van der Waals surface area contributed by atoms with E-state index < -0.39 is 0 Å². The summed E-state index contributed by atoms with van der Waals surface area (Å²) < 4.78 is 13.7. The zero-order chi connectivity index (χ0) is 12.8. The van der Waals surface area contributed by atoms with E-state index in [9.17, 15) is 4.39 Å². The first-order valence-corrected chi connectivity index (χ1v) is 6.52. The van der Waals surface area contributed by atoms with E-state index >= 15 is 0 Å². The van der Waals surface area contributed by atoms with Gasteiger partial charge in [-0.25, -0.2) is 4.39 Å². The average Bonchev–Trinajstić information content (AvgIpc) is 2.29. The standard InChI is InChI=1S/C14H21ClFN/c1-10(2)7-8-12(17-3)9-11-5-4-6-13(15)14(11)16/h4-6,10,12,17H,7-9H2,1-3H3. The lowest BCUT2D eigenvalue weighted by atomic mass is 9.98. The number of hydrogen-bond acceptors (Lipinski definition) is 1. The summed E-state index contributed by atoms with van der Waals surface area (Å²) in [6, 6.07) is 5.50. The molecule has 0 bridgehead atoms. The van der Waals surface area contributed by atoms with Crippen molar-refractivity contribution in [2.24, 2.45) is 5.92 Å². The average molecular weight is 258 g/mol. The van der Waals surface area contributed by atoms with Crippen molar-refractivity contribution in [2.75, 3.05) is 7.05 Å². The minimum atomic E-state index is -0.279. The summed E-state index contributed by atoms with van der Waals surface area (Å²) in [6.45, 7) is 4.40. The molecule has 0 aromatic heterocycles. The highest BCUT2D eigenvalue weighted by Gasteiger charge is 2.12. The molecule has 0 spiro atoms. The highest BCUT2D eigenvalue weighted by Crippen LogP contribution is 2.20. The summed E-state index contributed by atoms with van der Waals surface area (Å²) >= 11 is 5.77. The van der Waals surface area contributed by atoms with E-state index in [0.717, 1.165) is 12.8 Å². The molecule has 1 rings (SSSR count). The predicted molar refractivity (Wildman–Crippen MR) is 72.0 cm³/mol. The lowest BCUT2D eigenvalue weighted by Gasteiger charge is -2.18. The zero-order valence-electron chi connectivity index (χ0n) is 10.8. The second-order valence-electron chi connectivity index (χ2n) is 4.87. The van der Waals surface area contributed by atoms with Gasteiger partial charge < -0.3 is 5.32 Å². The second kappa shape index (κ2) is 6.97. The van der Waals surface area contributed by atoms with Gasteiger partial charge in [-0.05, 0) is 43.9 Å². The van der Waals surface area contributed by atoms with Gasteiger partial charge >= 0.3 is 0 Å². The predicted octanol–water partition coefficient (Wildman–Crippen LogP) is 4.05. The molecule has 0 radical (unpaired) electrons. The largest absolute Gasteiger partial charge is 0.317 e. The first-order valence-electron chi connectivity index (χ1n) is 6.14. The van der Waals surface area contributed by atoms with Gasteiger partial charge in [0.15, 0.2) is 0 Å². The van der Waals surface area contributed by atoms with E-state index in [1.807, 2.05) is 7.05 Å². The van der Waals surface area contributed by atoms with Gasteiger partial charge in [0.1, 0.15) is 5.82 Å². The monoisotopic (exact) mass is 257 g/mol. The van der Waals surface area contributed by atoms with E-state index in [2.05, 4.69) is 19.2 Å². The van der Waals surface area contributed by atoms with Gasteiger partial charge in [0.2, 0.25) is 0 Å². The molecule has 1 atom stereocenters. The molecule has 96 valence electrons. The molecule has 0 saturated carbocycles. The maximum absolute atomic E-state index is 13.7. The maximum Gasteiger partial charge on any atom is 0.145 e. The Morgan fingerprint density at radius 2 is 2.00 bits per heavy atom. The van der Waals surface area contributed by atoms with Crippen molar-refractivity contribution >= 4 is 11.6 Å². The van der Waals surface area contributed by atoms with E-state index in [4.69, 9.17) is 11.6 Å². The van der Waals surface area contributed by atoms with Crippen molar-refractivity contribution in [1.29, 1.82) is 0 Å². The van der Waals surface area contributed by atoms with Gasteiger partial charge in [-0.3, -0.25) is 0 Å². The third-order valence-corrected chi connectivity index (χ3v) is 3.29. The number of hydrogen-bond donors (Lipinski definition) is 1. The molecule has 3 heteroatoms. The topological polar surface area (TPSA) is 12.0 Å². The number of halogens is 2. The van der Waals surface area contributed by atoms with Gasteiger partial charge in [-0.1, -0.05) is 37.6 Å². The summed E-state index contributed by atoms with van der Waals surface area (Å²) in [5.41, 5.74) is 0.695. The SMILES string of the molecule is CNC(CCC(C)C)Cc1cccc(Cl)c1F. The van der Waals surface area contributed by atoms with Crippen LogP contribution in [0.15, 0.2) is 18.2 Å². The lowest BCUT2D eigenvalue weighted by molar-refractivity contribution is 0.445. The molecule has 1 N–H and O–H groups in total. The van der Waals surface area contributed by atoms with E-state index in [0.29, 0.717) is 23.9 Å². The van der Waals surface area contributed by atoms with Crippen LogP contribution in [0.3, 0.4) is 0 Å². The number of nitrogens with one attached hydrogen (secondary N) is 1. The molecule has 1 aromatic rings. The van der Waals surface area contributed by atoms with Crippen LogP contribution in [0.1, 0.15) is 32.3 Å². The molecule has 1 aromatic carbocycles. The van der Waals surface area contributed by atoms with Gasteiger partial charge in [0.25, 0.3) is 0 Å². The minimum absolute atomic E-state index is 0.209. The minimum Gasteiger partial charge on any atom is -0.317 e. The van der Waals surface area contributed by atoms with Crippen LogP contribution in [0.4, 0.5) is 4.39 Å². The van der Waals surface area contributed by atoms with Crippen LogP contribution in [0.25, 0.3) is 0 Å². The molecule has 17 heavy (non-hydrogen) atoms. The van der Waals surface area contributed by atoms with Crippen molar-refractivity contribution in [3.05, 3.63) is 34.6 Å². The van der Waals surface area contributed by atoms with Crippen LogP contribution in [0, 0.1) is 11.7 Å². The summed E-state index contributed by atoms with van der Waals surface area (Å²) in [4.78, 5) is 0. The molecule has 0 fully saturated rings. The Morgan fingerprint density at radius 3 is 2.59 bits per heavy atom. The van der Waals surface area contributed by atoms with Gasteiger partial charge in [-0.15, -0.1) is 0 Å². The molecule has 0 aliphatic heterocycles. The highest BCUT2D eigenvalue weighted by molar-refractivity contribution is 6.30. The normalized spacial score (nSPS) is 13.1. The van der Waals surface area contributed by atoms with Crippen LogP contribution in [-0.4, -0.2) is 13.1 Å².